The second-order valence-electron chi connectivity index (χ2n) is 4.27. The SMILES string of the molecule is COC(=O)[C@H](C)N1C[C@H]1C(=O)Nc1ccccc1. The normalized spacial score (nSPS) is 23.0. The number of hydrogen-bond donors (Lipinski definition) is 1. The first kappa shape index (κ1) is 12.6. The largest absolute Gasteiger partial charge is 0.468 e. The van der Waals surface area contributed by atoms with Gasteiger partial charge < -0.3 is 10.1 Å². The fourth-order valence-electron chi connectivity index (χ4n) is 1.87. The molecule has 0 radical (unpaired) electrons. The Hall–Kier alpha value is -1.88. The van der Waals surface area contributed by atoms with Crippen LogP contribution in [0.1, 0.15) is 6.92 Å². The Bertz CT molecular complexity index is 447. The molecule has 2 rings (SSSR count). The smallest absolute Gasteiger partial charge is 0.322 e. The van der Waals surface area contributed by atoms with Crippen LogP contribution < -0.4 is 5.32 Å². The Morgan fingerprint density at radius 2 is 2.06 bits per heavy atom. The Morgan fingerprint density at radius 3 is 2.67 bits per heavy atom. The summed E-state index contributed by atoms with van der Waals surface area (Å²) in [6.07, 6.45) is 0. The minimum Gasteiger partial charge on any atom is -0.468 e. The fraction of sp³-hybridized carbons (Fsp3) is 0.385. The third kappa shape index (κ3) is 2.68. The quantitative estimate of drug-likeness (QED) is 0.634. The number of carbonyl (C=O) groups excluding carboxylic acids is 2. The maximum Gasteiger partial charge on any atom is 0.322 e. The number of anilines is 1. The van der Waals surface area contributed by atoms with Crippen LogP contribution in [-0.2, 0) is 14.3 Å². The van der Waals surface area contributed by atoms with Crippen LogP contribution in [0.4, 0.5) is 5.69 Å². The number of nitrogens with one attached hydrogen (secondary N) is 1. The van der Waals surface area contributed by atoms with Crippen molar-refractivity contribution in [2.75, 3.05) is 19.0 Å². The summed E-state index contributed by atoms with van der Waals surface area (Å²) in [5.41, 5.74) is 0.764. The van der Waals surface area contributed by atoms with Crippen LogP contribution in [-0.4, -0.2) is 42.5 Å². The van der Waals surface area contributed by atoms with Gasteiger partial charge in [0.2, 0.25) is 5.91 Å². The molecule has 1 saturated heterocycles. The summed E-state index contributed by atoms with van der Waals surface area (Å²) in [4.78, 5) is 25.0. The molecule has 0 aliphatic carbocycles. The lowest BCUT2D eigenvalue weighted by atomic mass is 10.3. The lowest BCUT2D eigenvalue weighted by molar-refractivity contribution is -0.144. The Kier molecular flexibility index (Phi) is 3.62. The molecule has 0 spiro atoms. The van der Waals surface area contributed by atoms with Crippen molar-refractivity contribution in [1.29, 1.82) is 0 Å². The van der Waals surface area contributed by atoms with Crippen LogP contribution in [0.15, 0.2) is 30.3 Å². The average molecular weight is 248 g/mol. The lowest BCUT2D eigenvalue weighted by Crippen LogP contribution is -2.31. The Morgan fingerprint density at radius 1 is 1.39 bits per heavy atom. The van der Waals surface area contributed by atoms with Gasteiger partial charge in [0, 0.05) is 12.2 Å². The molecule has 1 aliphatic rings. The molecule has 1 amide bonds. The second kappa shape index (κ2) is 5.18. The summed E-state index contributed by atoms with van der Waals surface area (Å²) in [5, 5.41) is 2.81. The van der Waals surface area contributed by atoms with E-state index >= 15 is 0 Å². The Labute approximate surface area is 106 Å². The van der Waals surface area contributed by atoms with Gasteiger partial charge in [0.05, 0.1) is 7.11 Å². The monoisotopic (exact) mass is 248 g/mol. The van der Waals surface area contributed by atoms with Crippen molar-refractivity contribution in [3.63, 3.8) is 0 Å². The molecule has 5 nitrogen and oxygen atoms in total. The molecule has 1 unspecified atom stereocenters. The maximum atomic E-state index is 11.9. The molecule has 18 heavy (non-hydrogen) atoms. The summed E-state index contributed by atoms with van der Waals surface area (Å²) < 4.78 is 4.65. The van der Waals surface area contributed by atoms with Crippen LogP contribution in [0.25, 0.3) is 0 Å². The highest BCUT2D eigenvalue weighted by Gasteiger charge is 2.45. The molecular formula is C13H16N2O3. The molecular weight excluding hydrogens is 232 g/mol. The van der Waals surface area contributed by atoms with E-state index < -0.39 is 0 Å². The van der Waals surface area contributed by atoms with Gasteiger partial charge in [-0.3, -0.25) is 14.5 Å². The number of hydrogen-bond acceptors (Lipinski definition) is 4. The predicted molar refractivity (Wildman–Crippen MR) is 67.0 cm³/mol. The first-order valence-electron chi connectivity index (χ1n) is 5.83. The van der Waals surface area contributed by atoms with E-state index in [1.807, 2.05) is 30.3 Å². The standard InChI is InChI=1S/C13H16N2O3/c1-9(13(17)18-2)15-8-11(15)12(16)14-10-6-4-3-5-7-10/h3-7,9,11H,8H2,1-2H3,(H,14,16)/t9-,11-,15?/m0/s1. The minimum atomic E-state index is -0.374. The molecule has 0 saturated carbocycles. The van der Waals surface area contributed by atoms with E-state index in [1.54, 1.807) is 11.8 Å². The van der Waals surface area contributed by atoms with E-state index in [1.165, 1.54) is 7.11 Å². The highest BCUT2D eigenvalue weighted by Crippen LogP contribution is 2.23. The van der Waals surface area contributed by atoms with Gasteiger partial charge in [0.25, 0.3) is 0 Å². The highest BCUT2D eigenvalue weighted by atomic mass is 16.5. The van der Waals surface area contributed by atoms with Crippen LogP contribution in [0.3, 0.4) is 0 Å². The molecule has 1 heterocycles. The molecule has 0 bridgehead atoms. The summed E-state index contributed by atoms with van der Waals surface area (Å²) >= 11 is 0. The number of carbonyl (C=O) groups is 2. The number of amides is 1. The second-order valence-corrected chi connectivity index (χ2v) is 4.27. The summed E-state index contributed by atoms with van der Waals surface area (Å²) in [6.45, 7) is 2.33. The van der Waals surface area contributed by atoms with Crippen LogP contribution in [0.2, 0.25) is 0 Å². The van der Waals surface area contributed by atoms with Crippen molar-refractivity contribution in [2.45, 2.75) is 19.0 Å². The summed E-state index contributed by atoms with van der Waals surface area (Å²) in [6, 6.07) is 8.65. The summed E-state index contributed by atoms with van der Waals surface area (Å²) in [7, 11) is 1.35. The van der Waals surface area contributed by atoms with E-state index in [-0.39, 0.29) is 24.0 Å². The number of para-hydroxylation sites is 1. The van der Waals surface area contributed by atoms with Crippen molar-refractivity contribution >= 4 is 17.6 Å². The zero-order valence-corrected chi connectivity index (χ0v) is 10.4. The number of benzene rings is 1. The topological polar surface area (TPSA) is 58.4 Å². The van der Waals surface area contributed by atoms with Crippen molar-refractivity contribution in [3.8, 4) is 0 Å². The van der Waals surface area contributed by atoms with E-state index in [0.717, 1.165) is 5.69 Å². The molecule has 96 valence electrons. The van der Waals surface area contributed by atoms with Crippen LogP contribution in [0.5, 0.6) is 0 Å². The molecule has 0 aromatic heterocycles. The van der Waals surface area contributed by atoms with Crippen molar-refractivity contribution in [3.05, 3.63) is 30.3 Å². The first-order valence-corrected chi connectivity index (χ1v) is 5.83. The van der Waals surface area contributed by atoms with Gasteiger partial charge in [0.15, 0.2) is 0 Å². The average Bonchev–Trinajstić information content (AvgIpc) is 3.18. The Balaban J connectivity index is 1.88. The first-order chi connectivity index (χ1) is 8.63. The highest BCUT2D eigenvalue weighted by molar-refractivity contribution is 5.97. The van der Waals surface area contributed by atoms with Gasteiger partial charge in [-0.2, -0.15) is 0 Å². The van der Waals surface area contributed by atoms with Crippen molar-refractivity contribution in [1.82, 2.24) is 4.90 Å². The molecule has 1 aliphatic heterocycles. The number of methoxy groups -OCH3 is 1. The van der Waals surface area contributed by atoms with E-state index in [0.29, 0.717) is 6.54 Å². The number of ether oxygens (including phenoxy) is 1. The molecule has 3 atom stereocenters. The van der Waals surface area contributed by atoms with Crippen LogP contribution in [0, 0.1) is 0 Å². The van der Waals surface area contributed by atoms with Gasteiger partial charge in [-0.1, -0.05) is 18.2 Å². The zero-order valence-electron chi connectivity index (χ0n) is 10.4. The van der Waals surface area contributed by atoms with Gasteiger partial charge in [-0.05, 0) is 19.1 Å². The predicted octanol–water partition coefficient (Wildman–Crippen LogP) is 0.871. The minimum absolute atomic E-state index is 0.0862. The van der Waals surface area contributed by atoms with E-state index in [4.69, 9.17) is 0 Å². The van der Waals surface area contributed by atoms with E-state index in [2.05, 4.69) is 10.1 Å². The lowest BCUT2D eigenvalue weighted by Gasteiger charge is -2.11. The fourth-order valence-corrected chi connectivity index (χ4v) is 1.87. The van der Waals surface area contributed by atoms with Gasteiger partial charge >= 0.3 is 5.97 Å². The van der Waals surface area contributed by atoms with Crippen LogP contribution >= 0.6 is 0 Å². The molecule has 1 aromatic rings. The summed E-state index contributed by atoms with van der Waals surface area (Å²) in [5.74, 6) is -0.401. The zero-order chi connectivity index (χ0) is 13.1. The van der Waals surface area contributed by atoms with Gasteiger partial charge in [0.1, 0.15) is 12.1 Å². The number of esters is 1. The molecule has 1 N–H and O–H groups in total. The van der Waals surface area contributed by atoms with E-state index in [9.17, 15) is 9.59 Å². The third-order valence-corrected chi connectivity index (χ3v) is 3.03. The molecule has 5 heteroatoms. The van der Waals surface area contributed by atoms with Crippen molar-refractivity contribution in [2.24, 2.45) is 0 Å². The molecule has 1 aromatic carbocycles. The molecule has 1 fully saturated rings. The third-order valence-electron chi connectivity index (χ3n) is 3.03. The number of rotatable bonds is 4. The maximum absolute atomic E-state index is 11.9. The van der Waals surface area contributed by atoms with Gasteiger partial charge in [-0.25, -0.2) is 0 Å². The van der Waals surface area contributed by atoms with Gasteiger partial charge in [-0.15, -0.1) is 0 Å². The van der Waals surface area contributed by atoms with Crippen molar-refractivity contribution < 1.29 is 14.3 Å². The number of nitrogens with zero attached hydrogens (tertiary/aromatic N) is 1.